The Hall–Kier alpha value is -3.13. The van der Waals surface area contributed by atoms with Crippen LogP contribution in [0.5, 0.6) is 0 Å². The minimum Gasteiger partial charge on any atom is -0.361 e. The fourth-order valence-electron chi connectivity index (χ4n) is 2.99. The third-order valence-electron chi connectivity index (χ3n) is 4.21. The van der Waals surface area contributed by atoms with Crippen LogP contribution in [0, 0.1) is 0 Å². The number of benzene rings is 3. The van der Waals surface area contributed by atoms with Crippen molar-refractivity contribution in [2.75, 3.05) is 0 Å². The molecular formula is C22H18N2. The number of nitrogens with zero attached hydrogens (tertiary/aromatic N) is 1. The van der Waals surface area contributed by atoms with Crippen LogP contribution in [0.3, 0.4) is 0 Å². The van der Waals surface area contributed by atoms with Crippen LogP contribution in [-0.2, 0) is 0 Å². The van der Waals surface area contributed by atoms with Gasteiger partial charge in [0.2, 0.25) is 0 Å². The van der Waals surface area contributed by atoms with E-state index in [-0.39, 0.29) is 6.04 Å². The maximum absolute atomic E-state index is 4.91. The molecule has 24 heavy (non-hydrogen) atoms. The molecule has 1 heterocycles. The zero-order chi connectivity index (χ0) is 16.2. The molecule has 0 fully saturated rings. The molecule has 0 aliphatic carbocycles. The second kappa shape index (κ2) is 6.55. The van der Waals surface area contributed by atoms with E-state index in [0.717, 1.165) is 11.1 Å². The van der Waals surface area contributed by atoms with Crippen LogP contribution in [0.1, 0.15) is 22.7 Å². The molecule has 0 atom stereocenters. The van der Waals surface area contributed by atoms with Crippen molar-refractivity contribution < 1.29 is 0 Å². The zero-order valence-electron chi connectivity index (χ0n) is 13.3. The summed E-state index contributed by atoms with van der Waals surface area (Å²) in [6, 6.07) is 29.1. The molecular weight excluding hydrogens is 292 g/mol. The Balaban J connectivity index is 1.74. The summed E-state index contributed by atoms with van der Waals surface area (Å²) >= 11 is 0. The van der Waals surface area contributed by atoms with Crippen LogP contribution >= 0.6 is 0 Å². The SMILES string of the molecule is C(=NC(c1ccccc1)c1ccccc1)c1c[nH]c2ccccc12. The van der Waals surface area contributed by atoms with Gasteiger partial charge in [-0.1, -0.05) is 78.9 Å². The lowest BCUT2D eigenvalue weighted by molar-refractivity contribution is 0.878. The van der Waals surface area contributed by atoms with Crippen LogP contribution in [0.25, 0.3) is 10.9 Å². The maximum Gasteiger partial charge on any atom is 0.0999 e. The number of aliphatic imine (C=N–C) groups is 1. The summed E-state index contributed by atoms with van der Waals surface area (Å²) in [4.78, 5) is 8.21. The van der Waals surface area contributed by atoms with Crippen molar-refractivity contribution in [2.45, 2.75) is 6.04 Å². The Bertz CT molecular complexity index is 913. The molecule has 0 aliphatic rings. The summed E-state index contributed by atoms with van der Waals surface area (Å²) in [7, 11) is 0. The summed E-state index contributed by atoms with van der Waals surface area (Å²) in [5, 5.41) is 1.20. The molecule has 4 rings (SSSR count). The van der Waals surface area contributed by atoms with Crippen LogP contribution in [0.2, 0.25) is 0 Å². The molecule has 0 aliphatic heterocycles. The van der Waals surface area contributed by atoms with E-state index in [1.807, 2.05) is 30.6 Å². The van der Waals surface area contributed by atoms with Gasteiger partial charge in [0, 0.05) is 28.9 Å². The summed E-state index contributed by atoms with van der Waals surface area (Å²) in [5.41, 5.74) is 4.64. The second-order valence-electron chi connectivity index (χ2n) is 5.79. The first-order chi connectivity index (χ1) is 11.9. The highest BCUT2D eigenvalue weighted by atomic mass is 14.8. The molecule has 0 spiro atoms. The van der Waals surface area contributed by atoms with Crippen molar-refractivity contribution in [3.05, 3.63) is 108 Å². The predicted molar refractivity (Wildman–Crippen MR) is 101 cm³/mol. The number of hydrogen-bond donors (Lipinski definition) is 1. The van der Waals surface area contributed by atoms with E-state index >= 15 is 0 Å². The molecule has 0 amide bonds. The molecule has 116 valence electrons. The van der Waals surface area contributed by atoms with Crippen molar-refractivity contribution in [1.82, 2.24) is 4.98 Å². The van der Waals surface area contributed by atoms with Gasteiger partial charge in [-0.15, -0.1) is 0 Å². The van der Waals surface area contributed by atoms with Gasteiger partial charge in [-0.05, 0) is 17.2 Å². The van der Waals surface area contributed by atoms with E-state index in [0.29, 0.717) is 0 Å². The third kappa shape index (κ3) is 2.86. The lowest BCUT2D eigenvalue weighted by Crippen LogP contribution is -1.98. The van der Waals surface area contributed by atoms with Gasteiger partial charge >= 0.3 is 0 Å². The lowest BCUT2D eigenvalue weighted by Gasteiger charge is -2.13. The van der Waals surface area contributed by atoms with Crippen molar-refractivity contribution in [3.63, 3.8) is 0 Å². The number of fused-ring (bicyclic) bond motifs is 1. The lowest BCUT2D eigenvalue weighted by atomic mass is 9.99. The molecule has 1 N–H and O–H groups in total. The van der Waals surface area contributed by atoms with Gasteiger partial charge in [0.15, 0.2) is 0 Å². The number of aromatic amines is 1. The normalized spacial score (nSPS) is 11.5. The van der Waals surface area contributed by atoms with Gasteiger partial charge in [-0.3, -0.25) is 4.99 Å². The van der Waals surface area contributed by atoms with E-state index in [1.165, 1.54) is 16.5 Å². The van der Waals surface area contributed by atoms with Crippen LogP contribution in [-0.4, -0.2) is 11.2 Å². The molecule has 0 saturated carbocycles. The van der Waals surface area contributed by atoms with Crippen molar-refractivity contribution in [2.24, 2.45) is 4.99 Å². The molecule has 1 aromatic heterocycles. The highest BCUT2D eigenvalue weighted by Gasteiger charge is 2.11. The largest absolute Gasteiger partial charge is 0.361 e. The van der Waals surface area contributed by atoms with E-state index in [4.69, 9.17) is 4.99 Å². The first kappa shape index (κ1) is 14.5. The standard InChI is InChI=1S/C22H18N2/c1-3-9-17(10-4-1)22(18-11-5-2-6-12-18)24-16-19-15-23-21-14-8-7-13-20(19)21/h1-16,22-23H. The molecule has 4 aromatic rings. The van der Waals surface area contributed by atoms with E-state index in [1.54, 1.807) is 0 Å². The summed E-state index contributed by atoms with van der Waals surface area (Å²) < 4.78 is 0. The fraction of sp³-hybridized carbons (Fsp3) is 0.0455. The van der Waals surface area contributed by atoms with Gasteiger partial charge in [0.1, 0.15) is 0 Å². The van der Waals surface area contributed by atoms with Crippen molar-refractivity contribution in [1.29, 1.82) is 0 Å². The van der Waals surface area contributed by atoms with Gasteiger partial charge < -0.3 is 4.98 Å². The van der Waals surface area contributed by atoms with E-state index in [2.05, 4.69) is 71.7 Å². The Morgan fingerprint density at radius 2 is 1.29 bits per heavy atom. The molecule has 0 radical (unpaired) electrons. The van der Waals surface area contributed by atoms with Gasteiger partial charge in [-0.25, -0.2) is 0 Å². The van der Waals surface area contributed by atoms with Crippen LogP contribution in [0.4, 0.5) is 0 Å². The highest BCUT2D eigenvalue weighted by Crippen LogP contribution is 2.26. The fourth-order valence-corrected chi connectivity index (χ4v) is 2.99. The molecule has 2 heteroatoms. The number of H-pyrrole nitrogens is 1. The summed E-state index contributed by atoms with van der Waals surface area (Å²) in [6.07, 6.45) is 3.99. The maximum atomic E-state index is 4.91. The van der Waals surface area contributed by atoms with Crippen LogP contribution < -0.4 is 0 Å². The Labute approximate surface area is 141 Å². The van der Waals surface area contributed by atoms with Crippen molar-refractivity contribution in [3.8, 4) is 0 Å². The van der Waals surface area contributed by atoms with E-state index < -0.39 is 0 Å². The number of para-hydroxylation sites is 1. The number of rotatable bonds is 4. The number of nitrogens with one attached hydrogen (secondary N) is 1. The van der Waals surface area contributed by atoms with Crippen molar-refractivity contribution >= 4 is 17.1 Å². The monoisotopic (exact) mass is 310 g/mol. The predicted octanol–water partition coefficient (Wildman–Crippen LogP) is 5.38. The number of aromatic nitrogens is 1. The quantitative estimate of drug-likeness (QED) is 0.490. The Kier molecular flexibility index (Phi) is 3.95. The zero-order valence-corrected chi connectivity index (χ0v) is 13.3. The number of hydrogen-bond acceptors (Lipinski definition) is 1. The second-order valence-corrected chi connectivity index (χ2v) is 5.79. The van der Waals surface area contributed by atoms with E-state index in [9.17, 15) is 0 Å². The minimum absolute atomic E-state index is 0.000984. The van der Waals surface area contributed by atoms with Crippen LogP contribution in [0.15, 0.2) is 96.1 Å². The third-order valence-corrected chi connectivity index (χ3v) is 4.21. The first-order valence-electron chi connectivity index (χ1n) is 8.11. The summed E-state index contributed by atoms with van der Waals surface area (Å²) in [5.74, 6) is 0. The summed E-state index contributed by atoms with van der Waals surface area (Å²) in [6.45, 7) is 0. The highest BCUT2D eigenvalue weighted by molar-refractivity contribution is 5.99. The molecule has 0 unspecified atom stereocenters. The Morgan fingerprint density at radius 3 is 1.96 bits per heavy atom. The molecule has 0 bridgehead atoms. The molecule has 2 nitrogen and oxygen atoms in total. The smallest absolute Gasteiger partial charge is 0.0999 e. The topological polar surface area (TPSA) is 28.1 Å². The first-order valence-corrected chi connectivity index (χ1v) is 8.11. The van der Waals surface area contributed by atoms with Gasteiger partial charge in [0.05, 0.1) is 6.04 Å². The Morgan fingerprint density at radius 1 is 0.708 bits per heavy atom. The van der Waals surface area contributed by atoms with Gasteiger partial charge in [-0.2, -0.15) is 0 Å². The molecule has 0 saturated heterocycles. The average Bonchev–Trinajstić information content (AvgIpc) is 3.07. The van der Waals surface area contributed by atoms with Gasteiger partial charge in [0.25, 0.3) is 0 Å². The average molecular weight is 310 g/mol. The molecule has 3 aromatic carbocycles. The minimum atomic E-state index is 0.000984.